The lowest BCUT2D eigenvalue weighted by Crippen LogP contribution is -2.46. The van der Waals surface area contributed by atoms with E-state index in [1.165, 1.54) is 36.7 Å². The molecule has 4 rings (SSSR count). The summed E-state index contributed by atoms with van der Waals surface area (Å²) < 4.78 is 0. The predicted octanol–water partition coefficient (Wildman–Crippen LogP) is 2.94. The monoisotopic (exact) mass is 480 g/mol. The number of amides is 3. The van der Waals surface area contributed by atoms with Gasteiger partial charge in [0.1, 0.15) is 0 Å². The Morgan fingerprint density at radius 3 is 2.26 bits per heavy atom. The average Bonchev–Trinajstić information content (AvgIpc) is 2.89. The van der Waals surface area contributed by atoms with E-state index < -0.39 is 10.8 Å². The lowest BCUT2D eigenvalue weighted by molar-refractivity contribution is -0.384. The summed E-state index contributed by atoms with van der Waals surface area (Å²) in [5.41, 5.74) is 0.387. The molecule has 2 heterocycles. The van der Waals surface area contributed by atoms with Gasteiger partial charge in [-0.1, -0.05) is 19.3 Å². The van der Waals surface area contributed by atoms with Crippen LogP contribution in [0.1, 0.15) is 65.8 Å². The maximum atomic E-state index is 12.9. The van der Waals surface area contributed by atoms with Crippen LogP contribution >= 0.6 is 0 Å². The Kier molecular flexibility index (Phi) is 7.64. The number of benzene rings is 1. The predicted molar refractivity (Wildman–Crippen MR) is 127 cm³/mol. The maximum absolute atomic E-state index is 12.9. The van der Waals surface area contributed by atoms with Crippen molar-refractivity contribution in [3.8, 4) is 0 Å². The van der Waals surface area contributed by atoms with E-state index >= 15 is 0 Å². The van der Waals surface area contributed by atoms with E-state index in [2.05, 4.69) is 20.6 Å². The Balaban J connectivity index is 1.31. The third-order valence-corrected chi connectivity index (χ3v) is 6.57. The van der Waals surface area contributed by atoms with Gasteiger partial charge in [0, 0.05) is 55.1 Å². The minimum absolute atomic E-state index is 0.0683. The molecule has 2 N–H and O–H groups in total. The first-order chi connectivity index (χ1) is 16.9. The fourth-order valence-corrected chi connectivity index (χ4v) is 4.57. The molecule has 2 aromatic rings. The molecule has 3 amide bonds. The highest BCUT2D eigenvalue weighted by atomic mass is 16.6. The Hall–Kier alpha value is -3.89. The van der Waals surface area contributed by atoms with Crippen molar-refractivity contribution >= 4 is 29.2 Å². The summed E-state index contributed by atoms with van der Waals surface area (Å²) in [6.45, 7) is 0.874. The van der Waals surface area contributed by atoms with Gasteiger partial charge < -0.3 is 15.5 Å². The van der Waals surface area contributed by atoms with Gasteiger partial charge in [-0.05, 0) is 37.8 Å². The Bertz CT molecular complexity index is 1090. The van der Waals surface area contributed by atoms with Crippen molar-refractivity contribution in [1.82, 2.24) is 20.2 Å². The van der Waals surface area contributed by atoms with E-state index in [4.69, 9.17) is 0 Å². The molecule has 1 saturated heterocycles. The number of anilines is 1. The molecule has 11 heteroatoms. The van der Waals surface area contributed by atoms with Gasteiger partial charge in [0.15, 0.2) is 11.5 Å². The highest BCUT2D eigenvalue weighted by Gasteiger charge is 2.28. The van der Waals surface area contributed by atoms with Crippen molar-refractivity contribution in [2.75, 3.05) is 18.4 Å². The molecule has 1 aliphatic carbocycles. The largest absolute Gasteiger partial charge is 0.348 e. The molecule has 0 bridgehead atoms. The zero-order valence-corrected chi connectivity index (χ0v) is 19.3. The number of nitro benzene ring substituents is 1. The lowest BCUT2D eigenvalue weighted by atomic mass is 9.89. The van der Waals surface area contributed by atoms with Crippen LogP contribution in [-0.2, 0) is 4.79 Å². The lowest BCUT2D eigenvalue weighted by Gasteiger charge is -2.32. The SMILES string of the molecule is O=C(NC1CCN(C(=O)c2ccc([N+](=O)[O-])cc2)CC1)c1nccnc1NC(=O)C1CCCCC1. The molecular formula is C24H28N6O5. The molecule has 0 spiro atoms. The summed E-state index contributed by atoms with van der Waals surface area (Å²) in [7, 11) is 0. The molecule has 2 aliphatic rings. The van der Waals surface area contributed by atoms with Crippen molar-refractivity contribution < 1.29 is 19.3 Å². The zero-order chi connectivity index (χ0) is 24.8. The molecule has 0 radical (unpaired) electrons. The van der Waals surface area contributed by atoms with E-state index in [0.29, 0.717) is 31.5 Å². The summed E-state index contributed by atoms with van der Waals surface area (Å²) in [4.78, 5) is 58.5. The minimum atomic E-state index is -0.508. The van der Waals surface area contributed by atoms with Gasteiger partial charge in [0.25, 0.3) is 17.5 Å². The average molecular weight is 481 g/mol. The van der Waals surface area contributed by atoms with E-state index in [-0.39, 0.29) is 41.0 Å². The molecule has 1 aromatic carbocycles. The van der Waals surface area contributed by atoms with Crippen LogP contribution in [0.2, 0.25) is 0 Å². The number of aromatic nitrogens is 2. The number of nitro groups is 1. The Morgan fingerprint density at radius 2 is 1.60 bits per heavy atom. The first kappa shape index (κ1) is 24.2. The Labute approximate surface area is 202 Å². The molecule has 11 nitrogen and oxygen atoms in total. The molecular weight excluding hydrogens is 452 g/mol. The smallest absolute Gasteiger partial charge is 0.273 e. The highest BCUT2D eigenvalue weighted by molar-refractivity contribution is 6.01. The van der Waals surface area contributed by atoms with Crippen LogP contribution < -0.4 is 10.6 Å². The number of nitrogens with zero attached hydrogens (tertiary/aromatic N) is 4. The van der Waals surface area contributed by atoms with Gasteiger partial charge in [0.2, 0.25) is 5.91 Å². The van der Waals surface area contributed by atoms with Gasteiger partial charge in [0.05, 0.1) is 4.92 Å². The minimum Gasteiger partial charge on any atom is -0.348 e. The molecule has 0 atom stereocenters. The summed E-state index contributed by atoms with van der Waals surface area (Å²) in [5.74, 6) is -0.661. The highest BCUT2D eigenvalue weighted by Crippen LogP contribution is 2.25. The third kappa shape index (κ3) is 5.97. The van der Waals surface area contributed by atoms with E-state index in [9.17, 15) is 24.5 Å². The summed E-state index contributed by atoms with van der Waals surface area (Å²) in [6, 6.07) is 5.36. The second kappa shape index (κ2) is 11.0. The fourth-order valence-electron chi connectivity index (χ4n) is 4.57. The van der Waals surface area contributed by atoms with Crippen LogP contribution in [0.5, 0.6) is 0 Å². The summed E-state index contributed by atoms with van der Waals surface area (Å²) >= 11 is 0. The van der Waals surface area contributed by atoms with Crippen molar-refractivity contribution in [2.45, 2.75) is 51.0 Å². The first-order valence-corrected chi connectivity index (χ1v) is 11.9. The molecule has 1 aliphatic heterocycles. The normalized spacial score (nSPS) is 17.0. The number of likely N-dealkylation sites (tertiary alicyclic amines) is 1. The number of carbonyl (C=O) groups excluding carboxylic acids is 3. The topological polar surface area (TPSA) is 147 Å². The number of hydrogen-bond acceptors (Lipinski definition) is 7. The van der Waals surface area contributed by atoms with E-state index in [1.54, 1.807) is 4.90 Å². The van der Waals surface area contributed by atoms with Crippen LogP contribution in [0.3, 0.4) is 0 Å². The fraction of sp³-hybridized carbons (Fsp3) is 0.458. The molecule has 184 valence electrons. The number of non-ortho nitro benzene ring substituents is 1. The van der Waals surface area contributed by atoms with Crippen molar-refractivity contribution in [3.63, 3.8) is 0 Å². The van der Waals surface area contributed by atoms with E-state index in [1.807, 2.05) is 0 Å². The summed E-state index contributed by atoms with van der Waals surface area (Å²) in [6.07, 6.45) is 8.82. The number of nitrogens with one attached hydrogen (secondary N) is 2. The van der Waals surface area contributed by atoms with Crippen LogP contribution in [0.4, 0.5) is 11.5 Å². The quantitative estimate of drug-likeness (QED) is 0.477. The zero-order valence-electron chi connectivity index (χ0n) is 19.3. The van der Waals surface area contributed by atoms with Gasteiger partial charge in [-0.25, -0.2) is 9.97 Å². The second-order valence-electron chi connectivity index (χ2n) is 8.92. The van der Waals surface area contributed by atoms with Crippen molar-refractivity contribution in [2.24, 2.45) is 5.92 Å². The molecule has 35 heavy (non-hydrogen) atoms. The maximum Gasteiger partial charge on any atom is 0.273 e. The second-order valence-corrected chi connectivity index (χ2v) is 8.92. The Morgan fingerprint density at radius 1 is 0.943 bits per heavy atom. The number of rotatable bonds is 6. The van der Waals surface area contributed by atoms with Crippen LogP contribution in [0, 0.1) is 16.0 Å². The van der Waals surface area contributed by atoms with E-state index in [0.717, 1.165) is 32.1 Å². The van der Waals surface area contributed by atoms with Crippen LogP contribution in [0.15, 0.2) is 36.7 Å². The van der Waals surface area contributed by atoms with Gasteiger partial charge in [-0.3, -0.25) is 24.5 Å². The number of piperidine rings is 1. The van der Waals surface area contributed by atoms with Crippen LogP contribution in [0.25, 0.3) is 0 Å². The number of hydrogen-bond donors (Lipinski definition) is 2. The van der Waals surface area contributed by atoms with Crippen LogP contribution in [-0.4, -0.2) is 56.6 Å². The number of carbonyl (C=O) groups is 3. The third-order valence-electron chi connectivity index (χ3n) is 6.57. The van der Waals surface area contributed by atoms with Crippen molar-refractivity contribution in [1.29, 1.82) is 0 Å². The van der Waals surface area contributed by atoms with Gasteiger partial charge in [-0.2, -0.15) is 0 Å². The summed E-state index contributed by atoms with van der Waals surface area (Å²) in [5, 5.41) is 16.5. The van der Waals surface area contributed by atoms with Crippen molar-refractivity contribution in [3.05, 3.63) is 58.0 Å². The molecule has 1 saturated carbocycles. The van der Waals surface area contributed by atoms with Gasteiger partial charge >= 0.3 is 0 Å². The molecule has 1 aromatic heterocycles. The first-order valence-electron chi connectivity index (χ1n) is 11.9. The molecule has 0 unspecified atom stereocenters. The standard InChI is InChI=1S/C24H28N6O5/c31-22(16-4-2-1-3-5-16)28-21-20(25-12-13-26-21)23(32)27-18-10-14-29(15-11-18)24(33)17-6-8-19(9-7-17)30(34)35/h6-9,12-13,16,18H,1-5,10-11,14-15H2,(H,27,32)(H,26,28,31). The molecule has 2 fully saturated rings. The van der Waals surface area contributed by atoms with Gasteiger partial charge in [-0.15, -0.1) is 0 Å².